The number of aryl methyl sites for hydroxylation is 4. The molecule has 4 heteroatoms. The predicted octanol–water partition coefficient (Wildman–Crippen LogP) is 4.38. The fraction of sp³-hybridized carbons (Fsp3) is 0.300. The first-order chi connectivity index (χ1) is 11.4. The van der Waals surface area contributed by atoms with Crippen LogP contribution in [0, 0.1) is 27.7 Å². The Morgan fingerprint density at radius 1 is 0.958 bits per heavy atom. The molecular formula is C20H22N2OS. The lowest BCUT2D eigenvalue weighted by molar-refractivity contribution is -0.118. The van der Waals surface area contributed by atoms with Gasteiger partial charge in [-0.2, -0.15) is 0 Å². The summed E-state index contributed by atoms with van der Waals surface area (Å²) in [7, 11) is 0. The fourth-order valence-corrected chi connectivity index (χ4v) is 3.68. The normalized spacial score (nSPS) is 18.9. The first-order valence-corrected chi connectivity index (χ1v) is 9.00. The molecule has 1 heterocycles. The number of benzene rings is 2. The molecule has 1 aliphatic rings. The summed E-state index contributed by atoms with van der Waals surface area (Å²) in [4.78, 5) is 16.8. The van der Waals surface area contributed by atoms with Crippen molar-refractivity contribution in [2.45, 2.75) is 39.4 Å². The molecule has 1 N–H and O–H groups in total. The first kappa shape index (κ1) is 16.8. The number of amides is 1. The standard InChI is InChI=1S/C20H22N2OS/c1-12-5-7-16(9-14(12)3)11-18-19(23)22-20(24-18)21-17-8-6-13(2)15(4)10-17/h5-10,18H,11H2,1-4H3,(H,21,22,23)/t18-/m1/s1. The molecule has 0 radical (unpaired) electrons. The Balaban J connectivity index is 1.74. The molecule has 1 fully saturated rings. The Morgan fingerprint density at radius 2 is 1.62 bits per heavy atom. The highest BCUT2D eigenvalue weighted by Gasteiger charge is 2.30. The zero-order valence-electron chi connectivity index (χ0n) is 14.5. The lowest BCUT2D eigenvalue weighted by Crippen LogP contribution is -2.26. The van der Waals surface area contributed by atoms with Gasteiger partial charge in [0.2, 0.25) is 5.91 Å². The average Bonchev–Trinajstić information content (AvgIpc) is 2.86. The molecule has 124 valence electrons. The minimum Gasteiger partial charge on any atom is -0.304 e. The highest BCUT2D eigenvalue weighted by Crippen LogP contribution is 2.27. The van der Waals surface area contributed by atoms with Crippen LogP contribution in [-0.4, -0.2) is 16.3 Å². The number of thioether (sulfide) groups is 1. The van der Waals surface area contributed by atoms with Crippen LogP contribution in [-0.2, 0) is 11.2 Å². The van der Waals surface area contributed by atoms with Gasteiger partial charge in [0.1, 0.15) is 0 Å². The summed E-state index contributed by atoms with van der Waals surface area (Å²) in [6.07, 6.45) is 0.726. The minimum atomic E-state index is -0.114. The van der Waals surface area contributed by atoms with Gasteiger partial charge in [0.05, 0.1) is 10.9 Å². The topological polar surface area (TPSA) is 41.5 Å². The van der Waals surface area contributed by atoms with Gasteiger partial charge in [-0.1, -0.05) is 36.0 Å². The second-order valence-corrected chi connectivity index (χ2v) is 7.60. The molecule has 1 saturated heterocycles. The first-order valence-electron chi connectivity index (χ1n) is 8.12. The van der Waals surface area contributed by atoms with Crippen molar-refractivity contribution in [3.05, 3.63) is 64.2 Å². The second-order valence-electron chi connectivity index (χ2n) is 6.40. The van der Waals surface area contributed by atoms with Gasteiger partial charge in [0.15, 0.2) is 5.17 Å². The maximum atomic E-state index is 12.2. The van der Waals surface area contributed by atoms with E-state index in [9.17, 15) is 4.79 Å². The van der Waals surface area contributed by atoms with Crippen LogP contribution in [0.25, 0.3) is 0 Å². The number of rotatable bonds is 3. The van der Waals surface area contributed by atoms with Gasteiger partial charge in [0, 0.05) is 0 Å². The van der Waals surface area contributed by atoms with Crippen molar-refractivity contribution in [1.29, 1.82) is 0 Å². The van der Waals surface area contributed by atoms with Crippen molar-refractivity contribution in [3.8, 4) is 0 Å². The molecule has 2 aromatic rings. The molecule has 24 heavy (non-hydrogen) atoms. The molecular weight excluding hydrogens is 316 g/mol. The van der Waals surface area contributed by atoms with Gasteiger partial charge < -0.3 is 5.32 Å². The van der Waals surface area contributed by atoms with Crippen molar-refractivity contribution in [2.75, 3.05) is 0 Å². The number of nitrogens with one attached hydrogen (secondary N) is 1. The molecule has 0 bridgehead atoms. The summed E-state index contributed by atoms with van der Waals surface area (Å²) in [6, 6.07) is 12.5. The Bertz CT molecular complexity index is 826. The minimum absolute atomic E-state index is 0.0424. The second kappa shape index (κ2) is 6.81. The van der Waals surface area contributed by atoms with E-state index in [0.717, 1.165) is 12.1 Å². The number of carbonyl (C=O) groups is 1. The lowest BCUT2D eigenvalue weighted by atomic mass is 10.0. The molecule has 2 aromatic carbocycles. The third-order valence-electron chi connectivity index (χ3n) is 4.49. The maximum Gasteiger partial charge on any atom is 0.239 e. The quantitative estimate of drug-likeness (QED) is 0.902. The van der Waals surface area contributed by atoms with Crippen molar-refractivity contribution in [2.24, 2.45) is 4.99 Å². The molecule has 0 saturated carbocycles. The van der Waals surface area contributed by atoms with Crippen LogP contribution < -0.4 is 5.32 Å². The fourth-order valence-electron chi connectivity index (χ4n) is 2.65. The van der Waals surface area contributed by atoms with E-state index < -0.39 is 0 Å². The molecule has 1 amide bonds. The Kier molecular flexibility index (Phi) is 4.76. The third kappa shape index (κ3) is 3.70. The van der Waals surface area contributed by atoms with Crippen molar-refractivity contribution < 1.29 is 4.79 Å². The van der Waals surface area contributed by atoms with Crippen LogP contribution >= 0.6 is 11.8 Å². The maximum absolute atomic E-state index is 12.2. The van der Waals surface area contributed by atoms with Gasteiger partial charge in [-0.15, -0.1) is 0 Å². The van der Waals surface area contributed by atoms with Gasteiger partial charge in [-0.3, -0.25) is 4.79 Å². The summed E-state index contributed by atoms with van der Waals surface area (Å²) in [6.45, 7) is 8.36. The molecule has 1 atom stereocenters. The number of nitrogens with zero attached hydrogens (tertiary/aromatic N) is 1. The monoisotopic (exact) mass is 338 g/mol. The summed E-state index contributed by atoms with van der Waals surface area (Å²) in [5.74, 6) is 0.0424. The molecule has 0 unspecified atom stereocenters. The predicted molar refractivity (Wildman–Crippen MR) is 102 cm³/mol. The molecule has 0 aliphatic carbocycles. The van der Waals surface area contributed by atoms with Crippen LogP contribution in [0.15, 0.2) is 41.4 Å². The third-order valence-corrected chi connectivity index (χ3v) is 5.57. The number of carbonyl (C=O) groups excluding carboxylic acids is 1. The Hall–Kier alpha value is -2.07. The van der Waals surface area contributed by atoms with Crippen LogP contribution in [0.1, 0.15) is 27.8 Å². The van der Waals surface area contributed by atoms with Crippen LogP contribution in [0.3, 0.4) is 0 Å². The van der Waals surface area contributed by atoms with Gasteiger partial charge >= 0.3 is 0 Å². The number of amidine groups is 1. The number of aliphatic imine (C=N–C) groups is 1. The van der Waals surface area contributed by atoms with Gasteiger partial charge in [0.25, 0.3) is 0 Å². The van der Waals surface area contributed by atoms with E-state index in [4.69, 9.17) is 0 Å². The van der Waals surface area contributed by atoms with E-state index in [0.29, 0.717) is 5.17 Å². The molecule has 0 spiro atoms. The van der Waals surface area contributed by atoms with Gasteiger partial charge in [-0.25, -0.2) is 4.99 Å². The van der Waals surface area contributed by atoms with E-state index in [-0.39, 0.29) is 11.2 Å². The summed E-state index contributed by atoms with van der Waals surface area (Å²) >= 11 is 1.52. The van der Waals surface area contributed by atoms with Crippen LogP contribution in [0.4, 0.5) is 5.69 Å². The number of hydrogen-bond donors (Lipinski definition) is 1. The van der Waals surface area contributed by atoms with E-state index in [1.165, 1.54) is 39.6 Å². The van der Waals surface area contributed by atoms with Crippen molar-refractivity contribution in [1.82, 2.24) is 5.32 Å². The van der Waals surface area contributed by atoms with Crippen molar-refractivity contribution >= 4 is 28.5 Å². The zero-order chi connectivity index (χ0) is 17.3. The Morgan fingerprint density at radius 3 is 2.29 bits per heavy atom. The van der Waals surface area contributed by atoms with E-state index in [2.05, 4.69) is 62.3 Å². The molecule has 3 nitrogen and oxygen atoms in total. The summed E-state index contributed by atoms with van der Waals surface area (Å²) < 4.78 is 0. The SMILES string of the molecule is Cc1ccc(C[C@H]2SC(=Nc3ccc(C)c(C)c3)NC2=O)cc1C. The Labute approximate surface area is 147 Å². The van der Waals surface area contributed by atoms with Gasteiger partial charge in [-0.05, 0) is 74.1 Å². The van der Waals surface area contributed by atoms with Crippen molar-refractivity contribution in [3.63, 3.8) is 0 Å². The number of hydrogen-bond acceptors (Lipinski definition) is 3. The lowest BCUT2D eigenvalue weighted by Gasteiger charge is -2.08. The molecule has 0 aromatic heterocycles. The highest BCUT2D eigenvalue weighted by molar-refractivity contribution is 8.15. The van der Waals surface area contributed by atoms with E-state index in [1.54, 1.807) is 0 Å². The smallest absolute Gasteiger partial charge is 0.239 e. The average molecular weight is 338 g/mol. The summed E-state index contributed by atoms with van der Waals surface area (Å²) in [5.41, 5.74) is 7.07. The zero-order valence-corrected chi connectivity index (χ0v) is 15.3. The van der Waals surface area contributed by atoms with E-state index in [1.807, 2.05) is 12.1 Å². The largest absolute Gasteiger partial charge is 0.304 e. The molecule has 3 rings (SSSR count). The van der Waals surface area contributed by atoms with E-state index >= 15 is 0 Å². The summed E-state index contributed by atoms with van der Waals surface area (Å²) in [5, 5.41) is 3.49. The highest BCUT2D eigenvalue weighted by atomic mass is 32.2. The molecule has 1 aliphatic heterocycles. The van der Waals surface area contributed by atoms with Crippen LogP contribution in [0.5, 0.6) is 0 Å². The van der Waals surface area contributed by atoms with Crippen LogP contribution in [0.2, 0.25) is 0 Å².